The van der Waals surface area contributed by atoms with Crippen LogP contribution in [0.4, 0.5) is 0 Å². The Labute approximate surface area is 151 Å². The van der Waals surface area contributed by atoms with E-state index in [1.807, 2.05) is 42.5 Å². The van der Waals surface area contributed by atoms with Crippen LogP contribution in [0.5, 0.6) is 5.75 Å². The Bertz CT molecular complexity index is 886. The average Bonchev–Trinajstić information content (AvgIpc) is 3.26. The molecule has 0 bridgehead atoms. The molecule has 26 heavy (non-hydrogen) atoms. The van der Waals surface area contributed by atoms with Crippen LogP contribution in [0.2, 0.25) is 0 Å². The van der Waals surface area contributed by atoms with Crippen LogP contribution in [0.15, 0.2) is 48.7 Å². The van der Waals surface area contributed by atoms with E-state index in [0.717, 1.165) is 11.5 Å². The van der Waals surface area contributed by atoms with E-state index < -0.39 is 6.10 Å². The highest BCUT2D eigenvalue weighted by Gasteiger charge is 2.35. The summed E-state index contributed by atoms with van der Waals surface area (Å²) < 4.78 is 7.29. The molecule has 0 amide bonds. The third-order valence-electron chi connectivity index (χ3n) is 4.78. The third-order valence-corrected chi connectivity index (χ3v) is 4.78. The number of hydrogen-bond acceptors (Lipinski definition) is 6. The predicted molar refractivity (Wildman–Crippen MR) is 97.1 cm³/mol. The molecule has 3 aromatic rings. The van der Waals surface area contributed by atoms with Crippen molar-refractivity contribution in [2.75, 3.05) is 7.11 Å². The van der Waals surface area contributed by atoms with Gasteiger partial charge < -0.3 is 15.6 Å². The Hall–Kier alpha value is -2.77. The first kappa shape index (κ1) is 16.7. The number of aliphatic hydroxyl groups excluding tert-OH is 1. The van der Waals surface area contributed by atoms with Gasteiger partial charge in [-0.2, -0.15) is 0 Å². The number of hydrogen-bond donors (Lipinski definition) is 2. The number of ether oxygens (including phenoxy) is 1. The summed E-state index contributed by atoms with van der Waals surface area (Å²) in [7, 11) is 1.63. The average molecular weight is 351 g/mol. The van der Waals surface area contributed by atoms with Crippen molar-refractivity contribution >= 4 is 0 Å². The van der Waals surface area contributed by atoms with Crippen LogP contribution in [0.3, 0.4) is 0 Å². The van der Waals surface area contributed by atoms with Crippen molar-refractivity contribution in [3.8, 4) is 23.0 Å². The van der Waals surface area contributed by atoms with Gasteiger partial charge in [-0.3, -0.25) is 4.98 Å². The fourth-order valence-electron chi connectivity index (χ4n) is 3.43. The first-order chi connectivity index (χ1) is 12.7. The Kier molecular flexibility index (Phi) is 4.40. The van der Waals surface area contributed by atoms with Gasteiger partial charge >= 0.3 is 0 Å². The minimum absolute atomic E-state index is 0.0230. The molecule has 1 fully saturated rings. The number of nitrogens with zero attached hydrogens (tertiary/aromatic N) is 4. The van der Waals surface area contributed by atoms with Crippen molar-refractivity contribution in [2.45, 2.75) is 30.9 Å². The molecular formula is C19H21N5O2. The van der Waals surface area contributed by atoms with E-state index >= 15 is 0 Å². The maximum atomic E-state index is 10.1. The molecule has 134 valence electrons. The van der Waals surface area contributed by atoms with Crippen molar-refractivity contribution in [2.24, 2.45) is 5.73 Å². The molecule has 0 saturated heterocycles. The molecule has 1 aliphatic carbocycles. The summed E-state index contributed by atoms with van der Waals surface area (Å²) in [5, 5.41) is 14.8. The SMILES string of the molecule is COc1ccccc1-n1nc(-c2ccccn2)nc1[C@H]1C[C@H](N)[C@@H](O)C1. The lowest BCUT2D eigenvalue weighted by Gasteiger charge is -2.13. The van der Waals surface area contributed by atoms with Crippen LogP contribution in [0.1, 0.15) is 24.6 Å². The monoisotopic (exact) mass is 351 g/mol. The van der Waals surface area contributed by atoms with Gasteiger partial charge in [-0.25, -0.2) is 9.67 Å². The Morgan fingerprint density at radius 1 is 1.15 bits per heavy atom. The molecule has 3 atom stereocenters. The minimum Gasteiger partial charge on any atom is -0.494 e. The highest BCUT2D eigenvalue weighted by molar-refractivity contribution is 5.52. The molecule has 0 aliphatic heterocycles. The van der Waals surface area contributed by atoms with Gasteiger partial charge in [0.05, 0.1) is 13.2 Å². The fraction of sp³-hybridized carbons (Fsp3) is 0.316. The van der Waals surface area contributed by atoms with Crippen molar-refractivity contribution in [1.82, 2.24) is 19.7 Å². The van der Waals surface area contributed by atoms with E-state index in [1.54, 1.807) is 18.0 Å². The fourth-order valence-corrected chi connectivity index (χ4v) is 3.43. The van der Waals surface area contributed by atoms with E-state index in [4.69, 9.17) is 20.6 Å². The van der Waals surface area contributed by atoms with Gasteiger partial charge in [-0.05, 0) is 37.1 Å². The number of aromatic nitrogens is 4. The number of para-hydroxylation sites is 2. The second-order valence-electron chi connectivity index (χ2n) is 6.49. The van der Waals surface area contributed by atoms with Gasteiger partial charge in [-0.15, -0.1) is 5.10 Å². The predicted octanol–water partition coefficient (Wildman–Crippen LogP) is 1.90. The number of aliphatic hydroxyl groups is 1. The van der Waals surface area contributed by atoms with Gasteiger partial charge in [0.1, 0.15) is 23.0 Å². The lowest BCUT2D eigenvalue weighted by atomic mass is 10.1. The second-order valence-corrected chi connectivity index (χ2v) is 6.49. The number of nitrogens with two attached hydrogens (primary N) is 1. The van der Waals surface area contributed by atoms with Gasteiger partial charge in [0.2, 0.25) is 0 Å². The van der Waals surface area contributed by atoms with Crippen LogP contribution >= 0.6 is 0 Å². The van der Waals surface area contributed by atoms with Gasteiger partial charge in [0.15, 0.2) is 5.82 Å². The van der Waals surface area contributed by atoms with E-state index in [0.29, 0.717) is 30.1 Å². The summed E-state index contributed by atoms with van der Waals surface area (Å²) in [4.78, 5) is 9.10. The van der Waals surface area contributed by atoms with E-state index in [2.05, 4.69) is 4.98 Å². The Balaban J connectivity index is 1.85. The normalized spacial score (nSPS) is 22.5. The quantitative estimate of drug-likeness (QED) is 0.745. The van der Waals surface area contributed by atoms with E-state index in [-0.39, 0.29) is 12.0 Å². The topological polar surface area (TPSA) is 99.1 Å². The molecule has 3 N–H and O–H groups in total. The van der Waals surface area contributed by atoms with Crippen molar-refractivity contribution < 1.29 is 9.84 Å². The van der Waals surface area contributed by atoms with Crippen molar-refractivity contribution in [1.29, 1.82) is 0 Å². The highest BCUT2D eigenvalue weighted by atomic mass is 16.5. The zero-order chi connectivity index (χ0) is 18.1. The van der Waals surface area contributed by atoms with Gasteiger partial charge in [-0.1, -0.05) is 18.2 Å². The molecule has 0 spiro atoms. The zero-order valence-electron chi connectivity index (χ0n) is 14.5. The number of pyridine rings is 1. The number of methoxy groups -OCH3 is 1. The largest absolute Gasteiger partial charge is 0.494 e. The number of rotatable bonds is 4. The maximum Gasteiger partial charge on any atom is 0.200 e. The summed E-state index contributed by atoms with van der Waals surface area (Å²) in [6.45, 7) is 0. The summed E-state index contributed by atoms with van der Waals surface area (Å²) in [5.74, 6) is 2.03. The molecule has 0 unspecified atom stereocenters. The molecule has 1 aromatic carbocycles. The van der Waals surface area contributed by atoms with Crippen LogP contribution in [-0.4, -0.2) is 44.1 Å². The van der Waals surface area contributed by atoms with Gasteiger partial charge in [0, 0.05) is 18.2 Å². The van der Waals surface area contributed by atoms with Crippen LogP contribution < -0.4 is 10.5 Å². The van der Waals surface area contributed by atoms with Crippen LogP contribution in [0.25, 0.3) is 17.2 Å². The lowest BCUT2D eigenvalue weighted by Crippen LogP contribution is -2.28. The third kappa shape index (κ3) is 2.95. The molecule has 7 heteroatoms. The lowest BCUT2D eigenvalue weighted by molar-refractivity contribution is 0.163. The second kappa shape index (κ2) is 6.86. The van der Waals surface area contributed by atoms with Crippen molar-refractivity contribution in [3.05, 3.63) is 54.5 Å². The highest BCUT2D eigenvalue weighted by Crippen LogP contribution is 2.36. The smallest absolute Gasteiger partial charge is 0.200 e. The first-order valence-electron chi connectivity index (χ1n) is 8.62. The van der Waals surface area contributed by atoms with Gasteiger partial charge in [0.25, 0.3) is 0 Å². The molecular weight excluding hydrogens is 330 g/mol. The standard InChI is InChI=1S/C19H21N5O2/c1-26-17-8-3-2-7-15(17)24-19(12-10-13(20)16(25)11-12)22-18(23-24)14-6-4-5-9-21-14/h2-9,12-13,16,25H,10-11,20H2,1H3/t12-,13-,16-/m0/s1. The molecule has 1 aliphatic rings. The molecule has 4 rings (SSSR count). The first-order valence-corrected chi connectivity index (χ1v) is 8.62. The molecule has 7 nitrogen and oxygen atoms in total. The summed E-state index contributed by atoms with van der Waals surface area (Å²) in [5.41, 5.74) is 7.52. The summed E-state index contributed by atoms with van der Waals surface area (Å²) in [6.07, 6.45) is 2.42. The zero-order valence-corrected chi connectivity index (χ0v) is 14.5. The summed E-state index contributed by atoms with van der Waals surface area (Å²) in [6, 6.07) is 13.0. The summed E-state index contributed by atoms with van der Waals surface area (Å²) >= 11 is 0. The molecule has 2 heterocycles. The minimum atomic E-state index is -0.527. The van der Waals surface area contributed by atoms with E-state index in [9.17, 15) is 5.11 Å². The van der Waals surface area contributed by atoms with Crippen LogP contribution in [-0.2, 0) is 0 Å². The Morgan fingerprint density at radius 2 is 1.96 bits per heavy atom. The molecule has 2 aromatic heterocycles. The number of benzene rings is 1. The van der Waals surface area contributed by atoms with Crippen LogP contribution in [0, 0.1) is 0 Å². The molecule has 1 saturated carbocycles. The van der Waals surface area contributed by atoms with Crippen molar-refractivity contribution in [3.63, 3.8) is 0 Å². The maximum absolute atomic E-state index is 10.1. The Morgan fingerprint density at radius 3 is 2.65 bits per heavy atom. The van der Waals surface area contributed by atoms with E-state index in [1.165, 1.54) is 0 Å². The molecule has 0 radical (unpaired) electrons.